The summed E-state index contributed by atoms with van der Waals surface area (Å²) in [7, 11) is 0. The van der Waals surface area contributed by atoms with Gasteiger partial charge in [0.15, 0.2) is 5.69 Å². The molecule has 72 valence electrons. The summed E-state index contributed by atoms with van der Waals surface area (Å²) in [5.74, 6) is 2.18. The number of rotatable bonds is 1. The van der Waals surface area contributed by atoms with E-state index in [9.17, 15) is 0 Å². The van der Waals surface area contributed by atoms with Gasteiger partial charge in [0.1, 0.15) is 6.07 Å². The van der Waals surface area contributed by atoms with Gasteiger partial charge in [0.25, 0.3) is 0 Å². The molecule has 0 radical (unpaired) electrons. The quantitative estimate of drug-likeness (QED) is 0.703. The average Bonchev–Trinajstić information content (AvgIpc) is 3.00. The fourth-order valence-corrected chi connectivity index (χ4v) is 2.97. The monoisotopic (exact) mass is 205 g/mol. The number of hydrogen-bond acceptors (Lipinski definition) is 3. The molecular formula is C10H11N3S. The summed E-state index contributed by atoms with van der Waals surface area (Å²) in [4.78, 5) is 0. The normalized spacial score (nSPS) is 20.2. The standard InChI is InChI=1S/C10H11N3S/c11-5-9-8-3-4-14-6-10(8)13(12-9)7-1-2-7/h7H,1-4,6H2. The Hall–Kier alpha value is -0.950. The Morgan fingerprint density at radius 2 is 2.36 bits per heavy atom. The molecule has 0 N–H and O–H groups in total. The van der Waals surface area contributed by atoms with Crippen LogP contribution in [0.4, 0.5) is 0 Å². The van der Waals surface area contributed by atoms with Crippen LogP contribution in [-0.4, -0.2) is 15.5 Å². The maximum atomic E-state index is 8.98. The Balaban J connectivity index is 2.12. The van der Waals surface area contributed by atoms with Gasteiger partial charge < -0.3 is 0 Å². The molecule has 1 saturated carbocycles. The number of nitrogens with zero attached hydrogens (tertiary/aromatic N) is 3. The van der Waals surface area contributed by atoms with Crippen LogP contribution in [0.3, 0.4) is 0 Å². The molecule has 1 aliphatic carbocycles. The third kappa shape index (κ3) is 1.16. The van der Waals surface area contributed by atoms with Crippen molar-refractivity contribution in [3.05, 3.63) is 17.0 Å². The Kier molecular flexibility index (Phi) is 1.81. The molecule has 4 heteroatoms. The molecule has 1 aromatic heterocycles. The third-order valence-electron chi connectivity index (χ3n) is 2.85. The van der Waals surface area contributed by atoms with Crippen LogP contribution in [0.15, 0.2) is 0 Å². The first-order valence-electron chi connectivity index (χ1n) is 4.98. The highest BCUT2D eigenvalue weighted by atomic mass is 32.2. The average molecular weight is 205 g/mol. The van der Waals surface area contributed by atoms with Crippen LogP contribution in [0, 0.1) is 11.3 Å². The Morgan fingerprint density at radius 3 is 3.07 bits per heavy atom. The van der Waals surface area contributed by atoms with Crippen molar-refractivity contribution in [2.75, 3.05) is 5.75 Å². The van der Waals surface area contributed by atoms with E-state index in [0.717, 1.165) is 17.9 Å². The van der Waals surface area contributed by atoms with Gasteiger partial charge in [-0.3, -0.25) is 4.68 Å². The van der Waals surface area contributed by atoms with Crippen LogP contribution in [0.25, 0.3) is 0 Å². The molecule has 0 atom stereocenters. The van der Waals surface area contributed by atoms with Crippen molar-refractivity contribution in [3.63, 3.8) is 0 Å². The zero-order valence-corrected chi connectivity index (χ0v) is 8.68. The number of thioether (sulfide) groups is 1. The number of nitriles is 1. The van der Waals surface area contributed by atoms with Gasteiger partial charge in [-0.05, 0) is 25.0 Å². The third-order valence-corrected chi connectivity index (χ3v) is 3.82. The maximum absolute atomic E-state index is 8.98. The van der Waals surface area contributed by atoms with Crippen LogP contribution in [0.5, 0.6) is 0 Å². The lowest BCUT2D eigenvalue weighted by Gasteiger charge is -2.12. The van der Waals surface area contributed by atoms with Crippen LogP contribution < -0.4 is 0 Å². The lowest BCUT2D eigenvalue weighted by molar-refractivity contribution is 0.615. The summed E-state index contributed by atoms with van der Waals surface area (Å²) in [5, 5.41) is 13.4. The Bertz CT molecular complexity index is 412. The van der Waals surface area contributed by atoms with E-state index in [2.05, 4.69) is 15.8 Å². The van der Waals surface area contributed by atoms with Gasteiger partial charge in [0.2, 0.25) is 0 Å². The lowest BCUT2D eigenvalue weighted by atomic mass is 10.1. The van der Waals surface area contributed by atoms with E-state index in [1.165, 1.54) is 24.1 Å². The van der Waals surface area contributed by atoms with E-state index >= 15 is 0 Å². The van der Waals surface area contributed by atoms with Gasteiger partial charge in [-0.25, -0.2) is 0 Å². The van der Waals surface area contributed by atoms with Crippen LogP contribution in [0.1, 0.15) is 35.8 Å². The number of fused-ring (bicyclic) bond motifs is 1. The number of hydrogen-bond donors (Lipinski definition) is 0. The predicted molar refractivity (Wildman–Crippen MR) is 55.1 cm³/mol. The topological polar surface area (TPSA) is 41.6 Å². The minimum atomic E-state index is 0.601. The zero-order chi connectivity index (χ0) is 9.54. The van der Waals surface area contributed by atoms with Gasteiger partial charge in [-0.15, -0.1) is 0 Å². The predicted octanol–water partition coefficient (Wildman–Crippen LogP) is 1.88. The molecule has 0 amide bonds. The van der Waals surface area contributed by atoms with E-state index in [1.54, 1.807) is 0 Å². The fraction of sp³-hybridized carbons (Fsp3) is 0.600. The summed E-state index contributed by atoms with van der Waals surface area (Å²) in [6.07, 6.45) is 3.50. The van der Waals surface area contributed by atoms with Crippen LogP contribution >= 0.6 is 11.8 Å². The molecule has 0 bridgehead atoms. The van der Waals surface area contributed by atoms with E-state index in [4.69, 9.17) is 5.26 Å². The molecule has 3 rings (SSSR count). The smallest absolute Gasteiger partial charge is 0.166 e. The molecule has 0 unspecified atom stereocenters. The number of aromatic nitrogens is 2. The largest absolute Gasteiger partial charge is 0.264 e. The van der Waals surface area contributed by atoms with E-state index in [-0.39, 0.29) is 0 Å². The highest BCUT2D eigenvalue weighted by Gasteiger charge is 2.30. The van der Waals surface area contributed by atoms with Gasteiger partial charge in [0.05, 0.1) is 11.7 Å². The first-order chi connectivity index (χ1) is 6.90. The highest BCUT2D eigenvalue weighted by Crippen LogP contribution is 2.39. The first-order valence-corrected chi connectivity index (χ1v) is 6.13. The molecule has 2 heterocycles. The highest BCUT2D eigenvalue weighted by molar-refractivity contribution is 7.98. The van der Waals surface area contributed by atoms with Crippen molar-refractivity contribution in [1.29, 1.82) is 5.26 Å². The molecule has 0 aromatic carbocycles. The van der Waals surface area contributed by atoms with Gasteiger partial charge in [-0.1, -0.05) is 0 Å². The van der Waals surface area contributed by atoms with Crippen molar-refractivity contribution in [3.8, 4) is 6.07 Å². The summed E-state index contributed by atoms with van der Waals surface area (Å²) in [6, 6.07) is 2.82. The summed E-state index contributed by atoms with van der Waals surface area (Å²) in [6.45, 7) is 0. The van der Waals surface area contributed by atoms with E-state index < -0.39 is 0 Å². The second-order valence-electron chi connectivity index (χ2n) is 3.86. The maximum Gasteiger partial charge on any atom is 0.166 e. The Morgan fingerprint density at radius 1 is 1.50 bits per heavy atom. The molecule has 1 aliphatic heterocycles. The molecule has 2 aliphatic rings. The molecule has 14 heavy (non-hydrogen) atoms. The summed E-state index contributed by atoms with van der Waals surface area (Å²) < 4.78 is 2.11. The molecule has 1 fully saturated rings. The lowest BCUT2D eigenvalue weighted by Crippen LogP contribution is -2.07. The minimum Gasteiger partial charge on any atom is -0.264 e. The molecule has 3 nitrogen and oxygen atoms in total. The molecule has 0 saturated heterocycles. The molecule has 1 aromatic rings. The zero-order valence-electron chi connectivity index (χ0n) is 7.86. The molecule has 0 spiro atoms. The second-order valence-corrected chi connectivity index (χ2v) is 4.97. The van der Waals surface area contributed by atoms with Gasteiger partial charge in [0, 0.05) is 11.3 Å². The summed E-state index contributed by atoms with van der Waals surface area (Å²) >= 11 is 1.95. The van der Waals surface area contributed by atoms with E-state index in [1.807, 2.05) is 11.8 Å². The van der Waals surface area contributed by atoms with Crippen molar-refractivity contribution >= 4 is 11.8 Å². The fourth-order valence-electron chi connectivity index (χ4n) is 1.97. The SMILES string of the molecule is N#Cc1nn(C2CC2)c2c1CCSC2. The minimum absolute atomic E-state index is 0.601. The van der Waals surface area contributed by atoms with E-state index in [0.29, 0.717) is 11.7 Å². The van der Waals surface area contributed by atoms with Crippen molar-refractivity contribution in [1.82, 2.24) is 9.78 Å². The van der Waals surface area contributed by atoms with Crippen molar-refractivity contribution in [2.24, 2.45) is 0 Å². The van der Waals surface area contributed by atoms with Crippen molar-refractivity contribution < 1.29 is 0 Å². The van der Waals surface area contributed by atoms with Gasteiger partial charge in [-0.2, -0.15) is 22.1 Å². The van der Waals surface area contributed by atoms with Crippen LogP contribution in [-0.2, 0) is 12.2 Å². The molecular weight excluding hydrogens is 194 g/mol. The first kappa shape index (κ1) is 8.37. The Labute approximate surface area is 87.1 Å². The summed E-state index contributed by atoms with van der Waals surface area (Å²) in [5.41, 5.74) is 3.21. The van der Waals surface area contributed by atoms with Crippen molar-refractivity contribution in [2.45, 2.75) is 31.1 Å². The van der Waals surface area contributed by atoms with Gasteiger partial charge >= 0.3 is 0 Å². The van der Waals surface area contributed by atoms with Crippen LogP contribution in [0.2, 0.25) is 0 Å². The second kappa shape index (κ2) is 3.03.